The van der Waals surface area contributed by atoms with Crippen LogP contribution in [-0.4, -0.2) is 21.1 Å². The molecular weight excluding hydrogens is 236 g/mol. The third-order valence-corrected chi connectivity index (χ3v) is 3.14. The Bertz CT molecular complexity index is 674. The number of benzene rings is 1. The molecule has 0 atom stereocenters. The lowest BCUT2D eigenvalue weighted by atomic mass is 10.1. The molecule has 4 heteroatoms. The van der Waals surface area contributed by atoms with Gasteiger partial charge in [-0.15, -0.1) is 0 Å². The number of aryl methyl sites for hydroxylation is 1. The van der Waals surface area contributed by atoms with Crippen LogP contribution in [0.4, 0.5) is 5.82 Å². The molecule has 0 aliphatic carbocycles. The summed E-state index contributed by atoms with van der Waals surface area (Å²) in [6.45, 7) is 3.80. The second-order valence-corrected chi connectivity index (χ2v) is 4.57. The number of aromatic nitrogens is 3. The molecule has 0 fully saturated rings. The molecule has 3 aromatic rings. The van der Waals surface area contributed by atoms with E-state index in [0.29, 0.717) is 0 Å². The Morgan fingerprint density at radius 3 is 3.00 bits per heavy atom. The van der Waals surface area contributed by atoms with E-state index in [0.717, 1.165) is 24.4 Å². The van der Waals surface area contributed by atoms with Gasteiger partial charge in [0.15, 0.2) is 0 Å². The van der Waals surface area contributed by atoms with Crippen molar-refractivity contribution in [1.82, 2.24) is 14.5 Å². The summed E-state index contributed by atoms with van der Waals surface area (Å²) in [7, 11) is 0. The standard InChI is InChI=1S/C15H16N4/c1-12-10-13-4-2-3-5-14(13)18-15(12)17-7-9-19-8-6-16-11-19/h2-6,8,10-11H,7,9H2,1H3,(H,17,18). The second-order valence-electron chi connectivity index (χ2n) is 4.57. The van der Waals surface area contributed by atoms with Gasteiger partial charge in [-0.2, -0.15) is 0 Å². The highest BCUT2D eigenvalue weighted by atomic mass is 15.1. The highest BCUT2D eigenvalue weighted by molar-refractivity contribution is 5.81. The summed E-state index contributed by atoms with van der Waals surface area (Å²) in [4.78, 5) is 8.68. The van der Waals surface area contributed by atoms with Crippen molar-refractivity contribution in [1.29, 1.82) is 0 Å². The van der Waals surface area contributed by atoms with Gasteiger partial charge in [0.25, 0.3) is 0 Å². The number of nitrogens with zero attached hydrogens (tertiary/aromatic N) is 3. The first-order chi connectivity index (χ1) is 9.33. The van der Waals surface area contributed by atoms with E-state index in [1.807, 2.05) is 35.3 Å². The number of hydrogen-bond acceptors (Lipinski definition) is 3. The first-order valence-electron chi connectivity index (χ1n) is 6.39. The van der Waals surface area contributed by atoms with Crippen LogP contribution in [0.25, 0.3) is 10.9 Å². The van der Waals surface area contributed by atoms with Crippen molar-refractivity contribution in [3.05, 3.63) is 54.6 Å². The fourth-order valence-corrected chi connectivity index (χ4v) is 2.12. The maximum atomic E-state index is 4.66. The molecule has 0 unspecified atom stereocenters. The third kappa shape index (κ3) is 2.57. The monoisotopic (exact) mass is 252 g/mol. The van der Waals surface area contributed by atoms with Crippen molar-refractivity contribution in [2.45, 2.75) is 13.5 Å². The van der Waals surface area contributed by atoms with Crippen LogP contribution < -0.4 is 5.32 Å². The Labute approximate surface area is 112 Å². The summed E-state index contributed by atoms with van der Waals surface area (Å²) in [6.07, 6.45) is 5.57. The minimum Gasteiger partial charge on any atom is -0.368 e. The molecule has 4 nitrogen and oxygen atoms in total. The number of para-hydroxylation sites is 1. The quantitative estimate of drug-likeness (QED) is 0.776. The Hall–Kier alpha value is -2.36. The number of pyridine rings is 1. The molecule has 96 valence electrons. The topological polar surface area (TPSA) is 42.7 Å². The summed E-state index contributed by atoms with van der Waals surface area (Å²) in [5, 5.41) is 4.56. The van der Waals surface area contributed by atoms with Crippen molar-refractivity contribution in [2.75, 3.05) is 11.9 Å². The Morgan fingerprint density at radius 2 is 2.16 bits per heavy atom. The molecule has 1 aromatic carbocycles. The van der Waals surface area contributed by atoms with Gasteiger partial charge in [-0.05, 0) is 24.6 Å². The first-order valence-corrected chi connectivity index (χ1v) is 6.39. The van der Waals surface area contributed by atoms with Crippen LogP contribution in [0.1, 0.15) is 5.56 Å². The zero-order valence-corrected chi connectivity index (χ0v) is 10.9. The van der Waals surface area contributed by atoms with Gasteiger partial charge in [-0.3, -0.25) is 0 Å². The fourth-order valence-electron chi connectivity index (χ4n) is 2.12. The zero-order valence-electron chi connectivity index (χ0n) is 10.9. The summed E-state index contributed by atoms with van der Waals surface area (Å²) >= 11 is 0. The van der Waals surface area contributed by atoms with Gasteiger partial charge in [-0.1, -0.05) is 18.2 Å². The largest absolute Gasteiger partial charge is 0.368 e. The lowest BCUT2D eigenvalue weighted by Crippen LogP contribution is -2.11. The first kappa shape index (κ1) is 11.7. The van der Waals surface area contributed by atoms with E-state index >= 15 is 0 Å². The average Bonchev–Trinajstić information content (AvgIpc) is 2.92. The maximum absolute atomic E-state index is 4.66. The molecule has 19 heavy (non-hydrogen) atoms. The van der Waals surface area contributed by atoms with Gasteiger partial charge in [0, 0.05) is 30.9 Å². The predicted octanol–water partition coefficient (Wildman–Crippen LogP) is 2.85. The second kappa shape index (κ2) is 5.10. The van der Waals surface area contributed by atoms with Gasteiger partial charge >= 0.3 is 0 Å². The van der Waals surface area contributed by atoms with E-state index in [9.17, 15) is 0 Å². The van der Waals surface area contributed by atoms with E-state index in [1.165, 1.54) is 10.9 Å². The van der Waals surface area contributed by atoms with Crippen molar-refractivity contribution in [3.63, 3.8) is 0 Å². The molecule has 0 spiro atoms. The molecule has 0 aliphatic heterocycles. The summed E-state index contributed by atoms with van der Waals surface area (Å²) in [5.41, 5.74) is 2.20. The molecule has 0 aliphatic rings. The van der Waals surface area contributed by atoms with Crippen LogP contribution in [0.15, 0.2) is 49.1 Å². The molecule has 3 rings (SSSR count). The van der Waals surface area contributed by atoms with Crippen molar-refractivity contribution >= 4 is 16.7 Å². The van der Waals surface area contributed by atoms with Crippen molar-refractivity contribution in [2.24, 2.45) is 0 Å². The number of imidazole rings is 1. The number of fused-ring (bicyclic) bond motifs is 1. The zero-order chi connectivity index (χ0) is 13.1. The van der Waals surface area contributed by atoms with E-state index in [4.69, 9.17) is 0 Å². The average molecular weight is 252 g/mol. The van der Waals surface area contributed by atoms with Crippen LogP contribution >= 0.6 is 0 Å². The molecule has 0 amide bonds. The lowest BCUT2D eigenvalue weighted by Gasteiger charge is -2.10. The van der Waals surface area contributed by atoms with Crippen molar-refractivity contribution < 1.29 is 0 Å². The van der Waals surface area contributed by atoms with Gasteiger partial charge in [0.1, 0.15) is 5.82 Å². The maximum Gasteiger partial charge on any atom is 0.129 e. The molecular formula is C15H16N4. The van der Waals surface area contributed by atoms with Crippen LogP contribution in [0.3, 0.4) is 0 Å². The van der Waals surface area contributed by atoms with Gasteiger partial charge < -0.3 is 9.88 Å². The highest BCUT2D eigenvalue weighted by Gasteiger charge is 2.02. The van der Waals surface area contributed by atoms with E-state index < -0.39 is 0 Å². The summed E-state index contributed by atoms with van der Waals surface area (Å²) in [6, 6.07) is 10.3. The molecule has 2 aromatic heterocycles. The van der Waals surface area contributed by atoms with Crippen molar-refractivity contribution in [3.8, 4) is 0 Å². The summed E-state index contributed by atoms with van der Waals surface area (Å²) in [5.74, 6) is 0.957. The summed E-state index contributed by atoms with van der Waals surface area (Å²) < 4.78 is 2.05. The lowest BCUT2D eigenvalue weighted by molar-refractivity contribution is 0.725. The van der Waals surface area contributed by atoms with E-state index in [1.54, 1.807) is 6.20 Å². The number of rotatable bonds is 4. The third-order valence-electron chi connectivity index (χ3n) is 3.14. The van der Waals surface area contributed by atoms with E-state index in [2.05, 4.69) is 34.3 Å². The van der Waals surface area contributed by atoms with Gasteiger partial charge in [-0.25, -0.2) is 9.97 Å². The SMILES string of the molecule is Cc1cc2ccccc2nc1NCCn1ccnc1. The van der Waals surface area contributed by atoms with E-state index in [-0.39, 0.29) is 0 Å². The predicted molar refractivity (Wildman–Crippen MR) is 77.2 cm³/mol. The van der Waals surface area contributed by atoms with Crippen LogP contribution in [-0.2, 0) is 6.54 Å². The number of nitrogens with one attached hydrogen (secondary N) is 1. The number of hydrogen-bond donors (Lipinski definition) is 1. The smallest absolute Gasteiger partial charge is 0.129 e. The molecule has 2 heterocycles. The van der Waals surface area contributed by atoms with Crippen LogP contribution in [0.2, 0.25) is 0 Å². The highest BCUT2D eigenvalue weighted by Crippen LogP contribution is 2.19. The molecule has 0 bridgehead atoms. The van der Waals surface area contributed by atoms with Crippen LogP contribution in [0.5, 0.6) is 0 Å². The Balaban J connectivity index is 1.75. The normalized spacial score (nSPS) is 10.8. The molecule has 0 saturated heterocycles. The van der Waals surface area contributed by atoms with Crippen LogP contribution in [0, 0.1) is 6.92 Å². The van der Waals surface area contributed by atoms with Gasteiger partial charge in [0.05, 0.1) is 11.8 Å². The fraction of sp³-hybridized carbons (Fsp3) is 0.200. The molecule has 0 radical (unpaired) electrons. The Morgan fingerprint density at radius 1 is 1.26 bits per heavy atom. The Kier molecular flexibility index (Phi) is 3.14. The minimum atomic E-state index is 0.836. The molecule has 1 N–H and O–H groups in total. The minimum absolute atomic E-state index is 0.836. The van der Waals surface area contributed by atoms with Gasteiger partial charge in [0.2, 0.25) is 0 Å². The molecule has 0 saturated carbocycles. The number of anilines is 1.